The maximum absolute atomic E-state index is 11.5. The number of rotatable bonds is 2. The number of carbonyl (C=O) groups excluding carboxylic acids is 1. The summed E-state index contributed by atoms with van der Waals surface area (Å²) in [7, 11) is 0. The number of phenolic OH excluding ortho intramolecular Hbond substituents is 1. The lowest BCUT2D eigenvalue weighted by molar-refractivity contribution is 0.0995. The smallest absolute Gasteiger partial charge is 0.177 e. The number of hydrogen-bond donors (Lipinski definition) is 1. The fourth-order valence-corrected chi connectivity index (χ4v) is 1.39. The van der Waals surface area contributed by atoms with Crippen molar-refractivity contribution in [2.24, 2.45) is 0 Å². The number of ketones is 1. The molecule has 0 amide bonds. The van der Waals surface area contributed by atoms with Gasteiger partial charge in [0.1, 0.15) is 5.75 Å². The molecule has 0 bridgehead atoms. The Morgan fingerprint density at radius 3 is 2.77 bits per heavy atom. The minimum Gasteiger partial charge on any atom is -0.506 e. The van der Waals surface area contributed by atoms with E-state index >= 15 is 0 Å². The van der Waals surface area contributed by atoms with Gasteiger partial charge in [-0.2, -0.15) is 0 Å². The van der Waals surface area contributed by atoms with E-state index in [1.807, 2.05) is 0 Å². The molecule has 0 saturated heterocycles. The van der Waals surface area contributed by atoms with Crippen LogP contribution in [0.5, 0.6) is 5.75 Å². The van der Waals surface area contributed by atoms with Gasteiger partial charge >= 0.3 is 0 Å². The van der Waals surface area contributed by atoms with Gasteiger partial charge in [0.25, 0.3) is 0 Å². The molecule has 0 radical (unpaired) electrons. The van der Waals surface area contributed by atoms with Gasteiger partial charge in [-0.05, 0) is 19.1 Å². The first-order valence-corrected chi connectivity index (χ1v) is 4.99. The highest BCUT2D eigenvalue weighted by Crippen LogP contribution is 2.28. The SMILES string of the molecule is CC(Br)C(=O)c1cccc(O)c1Cl. The molecule has 1 atom stereocenters. The summed E-state index contributed by atoms with van der Waals surface area (Å²) in [5, 5.41) is 9.34. The Labute approximate surface area is 89.7 Å². The molecule has 4 heteroatoms. The highest BCUT2D eigenvalue weighted by Gasteiger charge is 2.16. The van der Waals surface area contributed by atoms with Gasteiger partial charge in [-0.1, -0.05) is 33.6 Å². The molecule has 0 heterocycles. The first-order chi connectivity index (χ1) is 6.04. The van der Waals surface area contributed by atoms with E-state index in [0.29, 0.717) is 5.56 Å². The van der Waals surface area contributed by atoms with Gasteiger partial charge in [0, 0.05) is 5.56 Å². The van der Waals surface area contributed by atoms with Crippen molar-refractivity contribution in [2.75, 3.05) is 0 Å². The van der Waals surface area contributed by atoms with Gasteiger partial charge in [-0.25, -0.2) is 0 Å². The van der Waals surface area contributed by atoms with Gasteiger partial charge < -0.3 is 5.11 Å². The molecule has 0 spiro atoms. The quantitative estimate of drug-likeness (QED) is 0.658. The molecule has 1 N–H and O–H groups in total. The van der Waals surface area contributed by atoms with Crippen molar-refractivity contribution in [1.82, 2.24) is 0 Å². The summed E-state index contributed by atoms with van der Waals surface area (Å²) in [6.45, 7) is 1.71. The summed E-state index contributed by atoms with van der Waals surface area (Å²) >= 11 is 8.89. The zero-order valence-electron chi connectivity index (χ0n) is 6.92. The van der Waals surface area contributed by atoms with Crippen LogP contribution >= 0.6 is 27.5 Å². The Hall–Kier alpha value is -0.540. The Kier molecular flexibility index (Phi) is 3.33. The summed E-state index contributed by atoms with van der Waals surface area (Å²) in [6, 6.07) is 4.62. The molecule has 0 saturated carbocycles. The van der Waals surface area contributed by atoms with Gasteiger partial charge in [-0.3, -0.25) is 4.79 Å². The van der Waals surface area contributed by atoms with Crippen LogP contribution in [0.1, 0.15) is 17.3 Å². The van der Waals surface area contributed by atoms with Crippen LogP contribution in [0, 0.1) is 0 Å². The summed E-state index contributed by atoms with van der Waals surface area (Å²) in [5.41, 5.74) is 0.339. The fraction of sp³-hybridized carbons (Fsp3) is 0.222. The predicted octanol–water partition coefficient (Wildman–Crippen LogP) is 3.01. The molecule has 1 unspecified atom stereocenters. The van der Waals surface area contributed by atoms with Gasteiger partial charge in [0.2, 0.25) is 0 Å². The van der Waals surface area contributed by atoms with E-state index in [9.17, 15) is 9.90 Å². The number of Topliss-reactive ketones (excluding diaryl/α,β-unsaturated/α-hetero) is 1. The van der Waals surface area contributed by atoms with Crippen molar-refractivity contribution in [3.8, 4) is 5.75 Å². The lowest BCUT2D eigenvalue weighted by Crippen LogP contribution is -2.10. The summed E-state index contributed by atoms with van der Waals surface area (Å²) < 4.78 is 0. The second-order valence-electron chi connectivity index (χ2n) is 2.62. The zero-order chi connectivity index (χ0) is 10.0. The topological polar surface area (TPSA) is 37.3 Å². The third kappa shape index (κ3) is 2.23. The lowest BCUT2D eigenvalue weighted by atomic mass is 10.1. The molecule has 0 aromatic heterocycles. The molecular formula is C9H8BrClO2. The summed E-state index contributed by atoms with van der Waals surface area (Å²) in [5.74, 6) is -0.207. The Morgan fingerprint density at radius 1 is 1.62 bits per heavy atom. The molecule has 0 fully saturated rings. The van der Waals surface area contributed by atoms with Crippen LogP contribution in [0.2, 0.25) is 5.02 Å². The minimum absolute atomic E-state index is 0.0688. The highest BCUT2D eigenvalue weighted by atomic mass is 79.9. The third-order valence-electron chi connectivity index (χ3n) is 1.61. The second kappa shape index (κ2) is 4.11. The van der Waals surface area contributed by atoms with Crippen LogP contribution in [0.25, 0.3) is 0 Å². The average molecular weight is 264 g/mol. The number of hydrogen-bond acceptors (Lipinski definition) is 2. The Bertz CT molecular complexity index is 336. The van der Waals surface area contributed by atoms with Gasteiger partial charge in [-0.15, -0.1) is 0 Å². The highest BCUT2D eigenvalue weighted by molar-refractivity contribution is 9.10. The predicted molar refractivity (Wildman–Crippen MR) is 55.8 cm³/mol. The van der Waals surface area contributed by atoms with Crippen LogP contribution in [-0.4, -0.2) is 15.7 Å². The normalized spacial score (nSPS) is 12.5. The van der Waals surface area contributed by atoms with Gasteiger partial charge in [0.15, 0.2) is 5.78 Å². The van der Waals surface area contributed by atoms with E-state index in [-0.39, 0.29) is 21.4 Å². The van der Waals surface area contributed by atoms with Gasteiger partial charge in [0.05, 0.1) is 9.85 Å². The van der Waals surface area contributed by atoms with E-state index in [2.05, 4.69) is 15.9 Å². The average Bonchev–Trinajstić information content (AvgIpc) is 2.08. The molecule has 1 rings (SSSR count). The fourth-order valence-electron chi connectivity index (χ4n) is 0.924. The van der Waals surface area contributed by atoms with Crippen LogP contribution in [0.15, 0.2) is 18.2 Å². The molecule has 0 aliphatic heterocycles. The second-order valence-corrected chi connectivity index (χ2v) is 4.37. The van der Waals surface area contributed by atoms with Crippen LogP contribution in [0.4, 0.5) is 0 Å². The standard InChI is InChI=1S/C9H8BrClO2/c1-5(10)9(13)6-3-2-4-7(12)8(6)11/h2-5,12H,1H3. The Morgan fingerprint density at radius 2 is 2.23 bits per heavy atom. The molecule has 0 aliphatic carbocycles. The first-order valence-electron chi connectivity index (χ1n) is 3.69. The number of benzene rings is 1. The van der Waals surface area contributed by atoms with E-state index < -0.39 is 0 Å². The number of carbonyl (C=O) groups is 1. The van der Waals surface area contributed by atoms with Crippen molar-refractivity contribution < 1.29 is 9.90 Å². The summed E-state index contributed by atoms with van der Waals surface area (Å²) in [6.07, 6.45) is 0. The molecular weight excluding hydrogens is 255 g/mol. The molecule has 1 aromatic carbocycles. The summed E-state index contributed by atoms with van der Waals surface area (Å²) in [4.78, 5) is 11.2. The minimum atomic E-state index is -0.299. The van der Waals surface area contributed by atoms with Crippen molar-refractivity contribution in [1.29, 1.82) is 0 Å². The molecule has 2 nitrogen and oxygen atoms in total. The van der Waals surface area contributed by atoms with E-state index in [0.717, 1.165) is 0 Å². The van der Waals surface area contributed by atoms with Crippen molar-refractivity contribution in [3.63, 3.8) is 0 Å². The lowest BCUT2D eigenvalue weighted by Gasteiger charge is -2.05. The van der Waals surface area contributed by atoms with Crippen LogP contribution < -0.4 is 0 Å². The number of alkyl halides is 1. The Balaban J connectivity index is 3.15. The molecule has 1 aromatic rings. The van der Waals surface area contributed by atoms with E-state index in [1.165, 1.54) is 6.07 Å². The van der Waals surface area contributed by atoms with Crippen molar-refractivity contribution >= 4 is 33.3 Å². The third-order valence-corrected chi connectivity index (χ3v) is 2.42. The van der Waals surface area contributed by atoms with Crippen molar-refractivity contribution in [2.45, 2.75) is 11.8 Å². The molecule has 70 valence electrons. The first kappa shape index (κ1) is 10.5. The monoisotopic (exact) mass is 262 g/mol. The number of halogens is 2. The molecule has 13 heavy (non-hydrogen) atoms. The van der Waals surface area contributed by atoms with E-state index in [1.54, 1.807) is 19.1 Å². The van der Waals surface area contributed by atoms with Crippen LogP contribution in [0.3, 0.4) is 0 Å². The zero-order valence-corrected chi connectivity index (χ0v) is 9.26. The van der Waals surface area contributed by atoms with Crippen molar-refractivity contribution in [3.05, 3.63) is 28.8 Å². The molecule has 0 aliphatic rings. The largest absolute Gasteiger partial charge is 0.506 e. The number of phenols is 1. The maximum Gasteiger partial charge on any atom is 0.177 e. The van der Waals surface area contributed by atoms with Crippen LogP contribution in [-0.2, 0) is 0 Å². The van der Waals surface area contributed by atoms with E-state index in [4.69, 9.17) is 11.6 Å². The number of aromatic hydroxyl groups is 1. The maximum atomic E-state index is 11.5.